The molecular weight excluding hydrogens is 566 g/mol. The zero-order valence-electron chi connectivity index (χ0n) is 25.5. The number of amides is 1. The molecule has 43 heavy (non-hydrogen) atoms. The molecule has 1 heterocycles. The smallest absolute Gasteiger partial charge is 0.314 e. The lowest BCUT2D eigenvalue weighted by atomic mass is 9.41. The van der Waals surface area contributed by atoms with Gasteiger partial charge < -0.3 is 49.7 Å². The van der Waals surface area contributed by atoms with Gasteiger partial charge >= 0.3 is 5.97 Å². The average molecular weight is 614 g/mol. The van der Waals surface area contributed by atoms with Gasteiger partial charge in [0.1, 0.15) is 35.9 Å². The number of carbonyl (C=O) groups is 3. The van der Waals surface area contributed by atoms with E-state index in [9.17, 15) is 45.0 Å². The summed E-state index contributed by atoms with van der Waals surface area (Å²) in [7, 11) is 2.79. The Hall–Kier alpha value is -1.97. The first kappa shape index (κ1) is 33.9. The number of aliphatic hydroxyl groups excluding tert-OH is 6. The van der Waals surface area contributed by atoms with Crippen molar-refractivity contribution in [3.63, 3.8) is 0 Å². The van der Waals surface area contributed by atoms with E-state index in [0.717, 1.165) is 5.57 Å². The number of ketones is 1. The van der Waals surface area contributed by atoms with Gasteiger partial charge in [0.25, 0.3) is 0 Å². The summed E-state index contributed by atoms with van der Waals surface area (Å²) in [5.41, 5.74) is -1.55. The zero-order valence-corrected chi connectivity index (χ0v) is 25.5. The Kier molecular flexibility index (Phi) is 10.1. The van der Waals surface area contributed by atoms with Crippen LogP contribution < -0.4 is 0 Å². The predicted molar refractivity (Wildman–Crippen MR) is 149 cm³/mol. The fourth-order valence-corrected chi connectivity index (χ4v) is 8.49. The van der Waals surface area contributed by atoms with Gasteiger partial charge in [-0.05, 0) is 49.9 Å². The molecule has 0 aromatic heterocycles. The Morgan fingerprint density at radius 2 is 1.77 bits per heavy atom. The van der Waals surface area contributed by atoms with Crippen LogP contribution in [0.2, 0.25) is 0 Å². The first-order valence-corrected chi connectivity index (χ1v) is 15.0. The third-order valence-electron chi connectivity index (χ3n) is 10.9. The second-order valence-corrected chi connectivity index (χ2v) is 13.1. The molecule has 4 fully saturated rings. The molecule has 0 aromatic rings. The van der Waals surface area contributed by atoms with Crippen molar-refractivity contribution in [3.8, 4) is 0 Å². The molecule has 0 radical (unpaired) electrons. The minimum Gasteiger partial charge on any atom is -0.469 e. The number of esters is 1. The van der Waals surface area contributed by atoms with Gasteiger partial charge in [0.2, 0.25) is 5.91 Å². The molecule has 0 spiro atoms. The number of Topliss-reactive ketones (excluding diaryl/α,β-unsaturated/α-hetero) is 1. The number of ether oxygens (including phenoxy) is 3. The second-order valence-electron chi connectivity index (χ2n) is 13.1. The molecule has 0 bridgehead atoms. The summed E-state index contributed by atoms with van der Waals surface area (Å²) in [5.74, 6) is -3.53. The topological polar surface area (TPSA) is 204 Å². The fourth-order valence-electron chi connectivity index (χ4n) is 8.49. The molecular formula is C30H47NO12. The molecule has 6 N–H and O–H groups in total. The van der Waals surface area contributed by atoms with Crippen LogP contribution in [0, 0.1) is 34.5 Å². The van der Waals surface area contributed by atoms with Crippen LogP contribution in [0.25, 0.3) is 0 Å². The Balaban J connectivity index is 1.67. The summed E-state index contributed by atoms with van der Waals surface area (Å²) in [5, 5.41) is 61.4. The maximum atomic E-state index is 14.2. The van der Waals surface area contributed by atoms with Crippen molar-refractivity contribution in [3.05, 3.63) is 11.6 Å². The molecule has 4 aliphatic rings. The molecule has 3 saturated carbocycles. The van der Waals surface area contributed by atoms with Gasteiger partial charge in [-0.1, -0.05) is 19.4 Å². The summed E-state index contributed by atoms with van der Waals surface area (Å²) in [6.45, 7) is 4.76. The second kappa shape index (κ2) is 12.8. The van der Waals surface area contributed by atoms with Gasteiger partial charge in [0.05, 0.1) is 26.4 Å². The van der Waals surface area contributed by atoms with E-state index in [-0.39, 0.29) is 37.3 Å². The van der Waals surface area contributed by atoms with E-state index >= 15 is 0 Å². The molecule has 13 nitrogen and oxygen atoms in total. The van der Waals surface area contributed by atoms with Gasteiger partial charge in [-0.3, -0.25) is 14.4 Å². The third kappa shape index (κ3) is 5.56. The van der Waals surface area contributed by atoms with E-state index in [1.165, 1.54) is 18.1 Å². The maximum Gasteiger partial charge on any atom is 0.314 e. The van der Waals surface area contributed by atoms with Crippen molar-refractivity contribution in [2.45, 2.75) is 89.4 Å². The minimum atomic E-state index is -1.70. The van der Waals surface area contributed by atoms with Gasteiger partial charge in [-0.15, -0.1) is 0 Å². The molecule has 3 aliphatic carbocycles. The predicted octanol–water partition coefficient (Wildman–Crippen LogP) is -1.25. The van der Waals surface area contributed by atoms with E-state index in [1.54, 1.807) is 14.0 Å². The Labute approximate surface area is 251 Å². The van der Waals surface area contributed by atoms with E-state index in [2.05, 4.69) is 0 Å². The Morgan fingerprint density at radius 3 is 2.37 bits per heavy atom. The van der Waals surface area contributed by atoms with E-state index < -0.39 is 83.9 Å². The standard InChI is InChI=1S/C30H47NO12/c1-14-15(12-19(34)31(4)10-11-32)6-7-16-20(14)22(36)24(38)26-29(16,2)9-8-18(30(26,3)28(40)41-5)43-27-25(39)23(37)21(35)17(13-33)42-27/h12,14,16-18,20-23,25-27,32-33,35-37,39H,6-11,13H2,1-5H3. The summed E-state index contributed by atoms with van der Waals surface area (Å²) in [4.78, 5) is 41.9. The van der Waals surface area contributed by atoms with Crippen molar-refractivity contribution < 1.29 is 59.2 Å². The first-order chi connectivity index (χ1) is 20.2. The third-order valence-corrected chi connectivity index (χ3v) is 10.9. The van der Waals surface area contributed by atoms with E-state index in [0.29, 0.717) is 19.3 Å². The van der Waals surface area contributed by atoms with Crippen molar-refractivity contribution in [1.29, 1.82) is 0 Å². The molecule has 0 aromatic carbocycles. The number of allylic oxidation sites excluding steroid dienone is 1. The molecule has 1 aliphatic heterocycles. The van der Waals surface area contributed by atoms with Crippen molar-refractivity contribution in [2.24, 2.45) is 34.5 Å². The number of hydrogen-bond donors (Lipinski definition) is 6. The molecule has 13 unspecified atom stereocenters. The molecule has 4 rings (SSSR count). The van der Waals surface area contributed by atoms with E-state index in [4.69, 9.17) is 14.2 Å². The fraction of sp³-hybridized carbons (Fsp3) is 0.833. The van der Waals surface area contributed by atoms with E-state index in [1.807, 2.05) is 13.8 Å². The van der Waals surface area contributed by atoms with Crippen LogP contribution in [0.5, 0.6) is 0 Å². The number of carbonyl (C=O) groups excluding carboxylic acids is 3. The van der Waals surface area contributed by atoms with Crippen LogP contribution in [-0.4, -0.2) is 130 Å². The number of hydrogen-bond acceptors (Lipinski definition) is 12. The quantitative estimate of drug-likeness (QED) is 0.113. The number of aliphatic hydroxyl groups is 6. The molecule has 1 saturated heterocycles. The van der Waals surface area contributed by atoms with Crippen LogP contribution in [0.4, 0.5) is 0 Å². The highest BCUT2D eigenvalue weighted by molar-refractivity contribution is 5.94. The summed E-state index contributed by atoms with van der Waals surface area (Å²) >= 11 is 0. The Morgan fingerprint density at radius 1 is 1.09 bits per heavy atom. The zero-order chi connectivity index (χ0) is 32.0. The number of nitrogens with zero attached hydrogens (tertiary/aromatic N) is 1. The highest BCUT2D eigenvalue weighted by atomic mass is 16.7. The largest absolute Gasteiger partial charge is 0.469 e. The lowest BCUT2D eigenvalue weighted by molar-refractivity contribution is -0.327. The minimum absolute atomic E-state index is 0.168. The average Bonchev–Trinajstić information content (AvgIpc) is 2.98. The summed E-state index contributed by atoms with van der Waals surface area (Å²) < 4.78 is 16.9. The van der Waals surface area contributed by atoms with Gasteiger partial charge in [0.15, 0.2) is 12.1 Å². The van der Waals surface area contributed by atoms with Crippen LogP contribution in [0.3, 0.4) is 0 Å². The first-order valence-electron chi connectivity index (χ1n) is 15.0. The molecule has 1 amide bonds. The van der Waals surface area contributed by atoms with Crippen molar-refractivity contribution >= 4 is 17.7 Å². The number of likely N-dealkylation sites (N-methyl/N-ethyl adjacent to an activating group) is 1. The van der Waals surface area contributed by atoms with Gasteiger partial charge in [-0.25, -0.2) is 0 Å². The highest BCUT2D eigenvalue weighted by Crippen LogP contribution is 2.64. The van der Waals surface area contributed by atoms with Gasteiger partial charge in [0, 0.05) is 31.5 Å². The highest BCUT2D eigenvalue weighted by Gasteiger charge is 2.69. The molecule has 244 valence electrons. The normalized spacial score (nSPS) is 45.7. The lowest BCUT2D eigenvalue weighted by Crippen LogP contribution is -2.69. The number of rotatable bonds is 7. The summed E-state index contributed by atoms with van der Waals surface area (Å²) in [6.07, 6.45) is -6.84. The van der Waals surface area contributed by atoms with Crippen LogP contribution in [0.1, 0.15) is 46.5 Å². The number of fused-ring (bicyclic) bond motifs is 3. The van der Waals surface area contributed by atoms with Crippen LogP contribution in [0.15, 0.2) is 11.6 Å². The van der Waals surface area contributed by atoms with Crippen molar-refractivity contribution in [1.82, 2.24) is 4.90 Å². The lowest BCUT2D eigenvalue weighted by Gasteiger charge is -2.63. The van der Waals surface area contributed by atoms with Crippen molar-refractivity contribution in [2.75, 3.05) is 33.9 Å². The maximum absolute atomic E-state index is 14.2. The van der Waals surface area contributed by atoms with Crippen LogP contribution >= 0.6 is 0 Å². The summed E-state index contributed by atoms with van der Waals surface area (Å²) in [6, 6.07) is 0. The van der Waals surface area contributed by atoms with Gasteiger partial charge in [-0.2, -0.15) is 0 Å². The molecule has 13 heteroatoms. The SMILES string of the molecule is COC(=O)C1(C)C(OC2OC(CO)C(O)C(O)C2O)CCC2(C)C3CCC(=CC(=O)N(C)CCO)C(C)C3C(O)C(=O)C21. The Bertz CT molecular complexity index is 1100. The monoisotopic (exact) mass is 613 g/mol. The molecule has 13 atom stereocenters. The van der Waals surface area contributed by atoms with Crippen LogP contribution in [-0.2, 0) is 28.6 Å². The number of methoxy groups -OCH3 is 1.